The normalized spacial score (nSPS) is 15.3. The summed E-state index contributed by atoms with van der Waals surface area (Å²) < 4.78 is 78.5. The lowest BCUT2D eigenvalue weighted by Crippen LogP contribution is -2.48. The van der Waals surface area contributed by atoms with Crippen LogP contribution in [0.4, 0.5) is 43.4 Å². The van der Waals surface area contributed by atoms with Crippen LogP contribution in [-0.4, -0.2) is 48.5 Å². The van der Waals surface area contributed by atoms with Crippen molar-refractivity contribution in [2.45, 2.75) is 12.4 Å². The van der Waals surface area contributed by atoms with E-state index in [-0.39, 0.29) is 44.1 Å². The molecule has 0 aliphatic carbocycles. The molecule has 1 aliphatic rings. The SMILES string of the molecule is O=C(CN1CCN(c2ccc([N+](=O)[O-])c(C(F)(F)F)c2)CC1)Nc1ccc(Cl)c(C(F)(F)F)c1. The number of amides is 1. The molecule has 1 aliphatic heterocycles. The summed E-state index contributed by atoms with van der Waals surface area (Å²) in [6.07, 6.45) is -9.58. The number of rotatable bonds is 5. The van der Waals surface area contributed by atoms with Gasteiger partial charge in [-0.25, -0.2) is 0 Å². The van der Waals surface area contributed by atoms with Crippen LogP contribution in [0.25, 0.3) is 0 Å². The molecule has 0 unspecified atom stereocenters. The van der Waals surface area contributed by atoms with Crippen LogP contribution in [0.3, 0.4) is 0 Å². The van der Waals surface area contributed by atoms with Crippen LogP contribution in [0, 0.1) is 10.1 Å². The zero-order valence-corrected chi connectivity index (χ0v) is 18.0. The van der Waals surface area contributed by atoms with Gasteiger partial charge in [-0.1, -0.05) is 11.6 Å². The predicted octanol–water partition coefficient (Wildman–Crippen LogP) is 5.05. The first-order valence-corrected chi connectivity index (χ1v) is 10.1. The molecule has 2 aromatic rings. The molecule has 0 atom stereocenters. The fourth-order valence-electron chi connectivity index (χ4n) is 3.50. The number of piperazine rings is 1. The minimum atomic E-state index is -4.90. The van der Waals surface area contributed by atoms with Crippen LogP contribution in [0.1, 0.15) is 11.1 Å². The summed E-state index contributed by atoms with van der Waals surface area (Å²) in [6, 6.07) is 5.75. The fourth-order valence-corrected chi connectivity index (χ4v) is 3.72. The van der Waals surface area contributed by atoms with Crippen molar-refractivity contribution >= 4 is 34.6 Å². The molecule has 1 saturated heterocycles. The van der Waals surface area contributed by atoms with E-state index in [9.17, 15) is 41.3 Å². The van der Waals surface area contributed by atoms with Gasteiger partial charge >= 0.3 is 12.4 Å². The van der Waals surface area contributed by atoms with Crippen molar-refractivity contribution < 1.29 is 36.1 Å². The van der Waals surface area contributed by atoms with Crippen molar-refractivity contribution in [3.63, 3.8) is 0 Å². The monoisotopic (exact) mass is 510 g/mol. The van der Waals surface area contributed by atoms with Gasteiger partial charge < -0.3 is 10.2 Å². The molecular formula is C20H17ClF6N4O3. The number of nitrogens with zero attached hydrogens (tertiary/aromatic N) is 3. The van der Waals surface area contributed by atoms with E-state index in [4.69, 9.17) is 11.6 Å². The smallest absolute Gasteiger partial charge is 0.369 e. The van der Waals surface area contributed by atoms with Crippen LogP contribution in [-0.2, 0) is 17.1 Å². The second-order valence-corrected chi connectivity index (χ2v) is 7.87. The Morgan fingerprint density at radius 3 is 2.15 bits per heavy atom. The van der Waals surface area contributed by atoms with Gasteiger partial charge in [0.15, 0.2) is 0 Å². The third-order valence-electron chi connectivity index (χ3n) is 5.14. The second-order valence-electron chi connectivity index (χ2n) is 7.46. The molecule has 0 spiro atoms. The van der Waals surface area contributed by atoms with Crippen molar-refractivity contribution in [3.05, 3.63) is 62.7 Å². The van der Waals surface area contributed by atoms with Gasteiger partial charge in [0.25, 0.3) is 5.69 Å². The van der Waals surface area contributed by atoms with E-state index in [0.717, 1.165) is 24.3 Å². The number of alkyl halides is 6. The van der Waals surface area contributed by atoms with E-state index in [1.807, 2.05) is 0 Å². The van der Waals surface area contributed by atoms with E-state index in [1.54, 1.807) is 9.80 Å². The summed E-state index contributed by atoms with van der Waals surface area (Å²) in [7, 11) is 0. The van der Waals surface area contributed by atoms with Crippen molar-refractivity contribution in [2.75, 3.05) is 42.9 Å². The van der Waals surface area contributed by atoms with Crippen LogP contribution in [0.5, 0.6) is 0 Å². The first kappa shape index (κ1) is 25.6. The summed E-state index contributed by atoms with van der Waals surface area (Å²) in [5.74, 6) is -0.571. The average molecular weight is 511 g/mol. The minimum absolute atomic E-state index is 0.0779. The van der Waals surface area contributed by atoms with Crippen LogP contribution >= 0.6 is 11.6 Å². The van der Waals surface area contributed by atoms with Crippen LogP contribution in [0.15, 0.2) is 36.4 Å². The Kier molecular flexibility index (Phi) is 7.26. The molecule has 0 radical (unpaired) electrons. The average Bonchev–Trinajstić information content (AvgIpc) is 2.73. The Balaban J connectivity index is 1.61. The lowest BCUT2D eigenvalue weighted by atomic mass is 10.1. The van der Waals surface area contributed by atoms with Gasteiger partial charge in [-0.05, 0) is 30.3 Å². The molecule has 1 fully saturated rings. The zero-order valence-electron chi connectivity index (χ0n) is 17.2. The van der Waals surface area contributed by atoms with Crippen molar-refractivity contribution in [3.8, 4) is 0 Å². The van der Waals surface area contributed by atoms with Gasteiger partial charge in [0.05, 0.1) is 22.1 Å². The highest BCUT2D eigenvalue weighted by Gasteiger charge is 2.39. The number of carbonyl (C=O) groups excluding carboxylic acids is 1. The summed E-state index contributed by atoms with van der Waals surface area (Å²) in [6.45, 7) is 0.884. The van der Waals surface area contributed by atoms with Gasteiger partial charge in [0.1, 0.15) is 5.56 Å². The molecule has 0 bridgehead atoms. The van der Waals surface area contributed by atoms with E-state index >= 15 is 0 Å². The molecule has 3 rings (SSSR count). The highest BCUT2D eigenvalue weighted by atomic mass is 35.5. The van der Waals surface area contributed by atoms with E-state index < -0.39 is 45.0 Å². The van der Waals surface area contributed by atoms with Crippen molar-refractivity contribution in [2.24, 2.45) is 0 Å². The molecule has 1 amide bonds. The molecular weight excluding hydrogens is 494 g/mol. The molecule has 2 aromatic carbocycles. The highest BCUT2D eigenvalue weighted by molar-refractivity contribution is 6.31. The maximum absolute atomic E-state index is 13.2. The van der Waals surface area contributed by atoms with Gasteiger partial charge in [0, 0.05) is 43.6 Å². The molecule has 0 aromatic heterocycles. The fraction of sp³-hybridized carbons (Fsp3) is 0.350. The standard InChI is InChI=1S/C20H17ClF6N4O3/c21-16-3-1-12(9-14(16)19(22,23)24)28-18(32)11-29-5-7-30(8-6-29)13-2-4-17(31(33)34)15(10-13)20(25,26)27/h1-4,9-10H,5-8,11H2,(H,28,32). The summed E-state index contributed by atoms with van der Waals surface area (Å²) in [5.41, 5.74) is -3.39. The summed E-state index contributed by atoms with van der Waals surface area (Å²) in [5, 5.41) is 12.8. The summed E-state index contributed by atoms with van der Waals surface area (Å²) >= 11 is 5.55. The maximum atomic E-state index is 13.2. The third-order valence-corrected chi connectivity index (χ3v) is 5.47. The molecule has 7 nitrogen and oxygen atoms in total. The number of halogens is 7. The molecule has 14 heteroatoms. The number of hydrogen-bond donors (Lipinski definition) is 1. The highest BCUT2D eigenvalue weighted by Crippen LogP contribution is 2.39. The second kappa shape index (κ2) is 9.66. The van der Waals surface area contributed by atoms with Gasteiger partial charge in [-0.15, -0.1) is 0 Å². The Labute approximate surface area is 194 Å². The number of hydrogen-bond acceptors (Lipinski definition) is 5. The van der Waals surface area contributed by atoms with Crippen molar-refractivity contribution in [1.82, 2.24) is 4.90 Å². The Bertz CT molecular complexity index is 1080. The number of anilines is 2. The third kappa shape index (κ3) is 6.08. The van der Waals surface area contributed by atoms with E-state index in [0.29, 0.717) is 0 Å². The lowest BCUT2D eigenvalue weighted by molar-refractivity contribution is -0.388. The Morgan fingerprint density at radius 1 is 0.971 bits per heavy atom. The molecule has 34 heavy (non-hydrogen) atoms. The topological polar surface area (TPSA) is 78.7 Å². The number of benzene rings is 2. The quantitative estimate of drug-likeness (QED) is 0.346. The van der Waals surface area contributed by atoms with Gasteiger partial charge in [-0.2, -0.15) is 26.3 Å². The Hall–Kier alpha value is -3.06. The molecule has 184 valence electrons. The van der Waals surface area contributed by atoms with E-state index in [2.05, 4.69) is 5.32 Å². The number of nitrogens with one attached hydrogen (secondary N) is 1. The van der Waals surface area contributed by atoms with Crippen LogP contribution in [0.2, 0.25) is 5.02 Å². The first-order chi connectivity index (χ1) is 15.8. The molecule has 1 N–H and O–H groups in total. The van der Waals surface area contributed by atoms with Crippen molar-refractivity contribution in [1.29, 1.82) is 0 Å². The Morgan fingerprint density at radius 2 is 1.59 bits per heavy atom. The van der Waals surface area contributed by atoms with Crippen LogP contribution < -0.4 is 10.2 Å². The predicted molar refractivity (Wildman–Crippen MR) is 112 cm³/mol. The van der Waals surface area contributed by atoms with E-state index in [1.165, 1.54) is 12.1 Å². The molecule has 1 heterocycles. The van der Waals surface area contributed by atoms with Gasteiger partial charge in [-0.3, -0.25) is 19.8 Å². The lowest BCUT2D eigenvalue weighted by Gasteiger charge is -2.35. The van der Waals surface area contributed by atoms with Gasteiger partial charge in [0.2, 0.25) is 5.91 Å². The number of nitro groups is 1. The first-order valence-electron chi connectivity index (χ1n) is 9.75. The molecule has 0 saturated carbocycles. The number of nitro benzene ring substituents is 1. The number of carbonyl (C=O) groups is 1. The minimum Gasteiger partial charge on any atom is -0.369 e. The maximum Gasteiger partial charge on any atom is 0.423 e. The zero-order chi connectivity index (χ0) is 25.3. The largest absolute Gasteiger partial charge is 0.423 e. The summed E-state index contributed by atoms with van der Waals surface area (Å²) in [4.78, 5) is 25.4.